The van der Waals surface area contributed by atoms with Crippen LogP contribution in [0.5, 0.6) is 17.2 Å². The second-order valence-corrected chi connectivity index (χ2v) is 8.41. The summed E-state index contributed by atoms with van der Waals surface area (Å²) in [6.07, 6.45) is 2.32. The first-order chi connectivity index (χ1) is 14.0. The van der Waals surface area contributed by atoms with E-state index in [0.717, 1.165) is 49.5 Å². The monoisotopic (exact) mass is 413 g/mol. The van der Waals surface area contributed by atoms with Crippen LogP contribution in [0.15, 0.2) is 41.5 Å². The maximum Gasteiger partial charge on any atom is 0.200 e. The summed E-state index contributed by atoms with van der Waals surface area (Å²) in [6, 6.07) is 10.3. The molecule has 2 aromatic rings. The number of benzene rings is 2. The molecule has 5 rings (SSSR count). The zero-order valence-corrected chi connectivity index (χ0v) is 17.1. The number of rotatable bonds is 2. The fourth-order valence-electron chi connectivity index (χ4n) is 4.72. The molecule has 29 heavy (non-hydrogen) atoms. The van der Waals surface area contributed by atoms with Crippen LogP contribution in [0.4, 0.5) is 0 Å². The van der Waals surface area contributed by atoms with Gasteiger partial charge in [0, 0.05) is 48.5 Å². The number of ether oxygens (including phenoxy) is 1. The second kappa shape index (κ2) is 6.82. The van der Waals surface area contributed by atoms with E-state index in [9.17, 15) is 10.2 Å². The van der Waals surface area contributed by atoms with Gasteiger partial charge in [-0.15, -0.1) is 0 Å². The van der Waals surface area contributed by atoms with Gasteiger partial charge in [0.05, 0.1) is 11.8 Å². The lowest BCUT2D eigenvalue weighted by atomic mass is 9.90. The fraction of sp³-hybridized carbons (Fsp3) is 0.409. The molecular formula is C22H24ClN3O3. The van der Waals surface area contributed by atoms with Crippen molar-refractivity contribution in [3.63, 3.8) is 0 Å². The van der Waals surface area contributed by atoms with Crippen molar-refractivity contribution in [1.82, 2.24) is 9.91 Å². The number of phenols is 2. The molecule has 0 aliphatic carbocycles. The molecule has 2 aromatic carbocycles. The summed E-state index contributed by atoms with van der Waals surface area (Å²) in [5, 5.41) is 28.0. The summed E-state index contributed by atoms with van der Waals surface area (Å²) in [7, 11) is 0. The molecule has 3 aliphatic rings. The van der Waals surface area contributed by atoms with Crippen molar-refractivity contribution >= 4 is 17.3 Å². The third-order valence-electron chi connectivity index (χ3n) is 6.33. The van der Waals surface area contributed by atoms with Gasteiger partial charge in [-0.2, -0.15) is 5.10 Å². The normalized spacial score (nSPS) is 22.8. The Kier molecular flexibility index (Phi) is 4.37. The maximum atomic E-state index is 10.4. The Morgan fingerprint density at radius 2 is 1.97 bits per heavy atom. The Balaban J connectivity index is 1.59. The molecule has 2 N–H and O–H groups in total. The molecule has 0 bridgehead atoms. The quantitative estimate of drug-likeness (QED) is 0.725. The topological polar surface area (TPSA) is 68.5 Å². The van der Waals surface area contributed by atoms with Gasteiger partial charge in [0.2, 0.25) is 5.72 Å². The Hall–Kier alpha value is -2.44. The predicted molar refractivity (Wildman–Crippen MR) is 112 cm³/mol. The van der Waals surface area contributed by atoms with Crippen molar-refractivity contribution < 1.29 is 14.9 Å². The van der Waals surface area contributed by atoms with Gasteiger partial charge in [0.25, 0.3) is 0 Å². The maximum absolute atomic E-state index is 10.4. The summed E-state index contributed by atoms with van der Waals surface area (Å²) in [6.45, 7) is 5.10. The molecule has 0 aromatic heterocycles. The summed E-state index contributed by atoms with van der Waals surface area (Å²) in [4.78, 5) is 2.42. The van der Waals surface area contributed by atoms with Crippen molar-refractivity contribution in [2.45, 2.75) is 38.0 Å². The number of fused-ring (bicyclic) bond motifs is 4. The third-order valence-corrected chi connectivity index (χ3v) is 6.57. The number of hydrazone groups is 1. The molecule has 0 unspecified atom stereocenters. The van der Waals surface area contributed by atoms with Crippen LogP contribution < -0.4 is 4.74 Å². The zero-order valence-electron chi connectivity index (χ0n) is 16.3. The van der Waals surface area contributed by atoms with E-state index in [2.05, 4.69) is 16.8 Å². The molecule has 1 fully saturated rings. The van der Waals surface area contributed by atoms with Crippen molar-refractivity contribution in [3.05, 3.63) is 52.5 Å². The van der Waals surface area contributed by atoms with E-state index in [-0.39, 0.29) is 17.5 Å². The number of hydrogen-bond donors (Lipinski definition) is 2. The SMILES string of the molecule is CCN1CCC2(CC1)Oc1ccc(Cl)cc1[C@@H]1CC(c3cc(O)ccc3O)=NN12. The molecule has 1 saturated heterocycles. The molecule has 3 aliphatic heterocycles. The van der Waals surface area contributed by atoms with Gasteiger partial charge in [-0.1, -0.05) is 18.5 Å². The minimum Gasteiger partial charge on any atom is -0.508 e. The highest BCUT2D eigenvalue weighted by molar-refractivity contribution is 6.30. The van der Waals surface area contributed by atoms with Gasteiger partial charge in [0.1, 0.15) is 17.2 Å². The molecular weight excluding hydrogens is 390 g/mol. The number of halogens is 1. The first kappa shape index (κ1) is 18.6. The van der Waals surface area contributed by atoms with E-state index in [1.807, 2.05) is 18.2 Å². The average molecular weight is 414 g/mol. The fourth-order valence-corrected chi connectivity index (χ4v) is 4.90. The average Bonchev–Trinajstić information content (AvgIpc) is 3.18. The predicted octanol–water partition coefficient (Wildman–Crippen LogP) is 4.11. The molecule has 0 amide bonds. The molecule has 7 heteroatoms. The van der Waals surface area contributed by atoms with Crippen LogP contribution in [0.25, 0.3) is 0 Å². The number of hydrogen-bond acceptors (Lipinski definition) is 6. The second-order valence-electron chi connectivity index (χ2n) is 7.98. The highest BCUT2D eigenvalue weighted by atomic mass is 35.5. The molecule has 152 valence electrons. The number of aromatic hydroxyl groups is 2. The number of nitrogens with zero attached hydrogens (tertiary/aromatic N) is 3. The summed E-state index contributed by atoms with van der Waals surface area (Å²) in [5.74, 6) is 1.08. The molecule has 1 spiro atoms. The van der Waals surface area contributed by atoms with Crippen molar-refractivity contribution in [1.29, 1.82) is 0 Å². The molecule has 1 atom stereocenters. The lowest BCUT2D eigenvalue weighted by molar-refractivity contribution is -0.149. The Morgan fingerprint density at radius 1 is 1.17 bits per heavy atom. The van der Waals surface area contributed by atoms with Gasteiger partial charge >= 0.3 is 0 Å². The number of phenolic OH excluding ortho intramolecular Hbond substituents is 2. The lowest BCUT2D eigenvalue weighted by Crippen LogP contribution is -2.59. The first-order valence-corrected chi connectivity index (χ1v) is 10.5. The van der Waals surface area contributed by atoms with Gasteiger partial charge in [-0.25, -0.2) is 5.01 Å². The number of likely N-dealkylation sites (tertiary alicyclic amines) is 1. The minimum absolute atomic E-state index is 0.0117. The third kappa shape index (κ3) is 3.02. The summed E-state index contributed by atoms with van der Waals surface area (Å²) in [5.41, 5.74) is 1.81. The van der Waals surface area contributed by atoms with Crippen molar-refractivity contribution in [2.75, 3.05) is 19.6 Å². The van der Waals surface area contributed by atoms with Crippen LogP contribution in [-0.4, -0.2) is 51.2 Å². The Morgan fingerprint density at radius 3 is 2.72 bits per heavy atom. The highest BCUT2D eigenvalue weighted by Crippen LogP contribution is 2.51. The number of piperidine rings is 1. The van der Waals surface area contributed by atoms with E-state index >= 15 is 0 Å². The van der Waals surface area contributed by atoms with E-state index in [4.69, 9.17) is 21.4 Å². The van der Waals surface area contributed by atoms with Gasteiger partial charge < -0.3 is 19.8 Å². The van der Waals surface area contributed by atoms with Crippen LogP contribution in [0.2, 0.25) is 5.02 Å². The Labute approximate surface area is 175 Å². The largest absolute Gasteiger partial charge is 0.508 e. The Bertz CT molecular complexity index is 985. The van der Waals surface area contributed by atoms with Crippen LogP contribution in [-0.2, 0) is 0 Å². The van der Waals surface area contributed by atoms with Gasteiger partial charge in [-0.3, -0.25) is 0 Å². The van der Waals surface area contributed by atoms with Crippen LogP contribution in [0, 0.1) is 0 Å². The highest BCUT2D eigenvalue weighted by Gasteiger charge is 2.51. The van der Waals surface area contributed by atoms with Crippen LogP contribution in [0.1, 0.15) is 43.4 Å². The van der Waals surface area contributed by atoms with Crippen molar-refractivity contribution in [2.24, 2.45) is 5.10 Å². The molecule has 0 radical (unpaired) electrons. The standard InChI is InChI=1S/C22H24ClN3O3/c1-2-25-9-7-22(8-10-25)26-19(17-11-14(23)3-6-21(17)29-22)13-18(24-26)16-12-15(27)4-5-20(16)28/h3-6,11-12,19,27-28H,2,7-10,13H2,1H3/t19-/m0/s1. The molecule has 3 heterocycles. The van der Waals surface area contributed by atoms with Crippen molar-refractivity contribution in [3.8, 4) is 17.2 Å². The van der Waals surface area contributed by atoms with Crippen LogP contribution in [0.3, 0.4) is 0 Å². The lowest BCUT2D eigenvalue weighted by Gasteiger charge is -2.51. The minimum atomic E-state index is -0.509. The van der Waals surface area contributed by atoms with Gasteiger partial charge in [-0.05, 0) is 42.9 Å². The van der Waals surface area contributed by atoms with Crippen LogP contribution >= 0.6 is 11.6 Å². The van der Waals surface area contributed by atoms with E-state index < -0.39 is 5.72 Å². The zero-order chi connectivity index (χ0) is 20.2. The summed E-state index contributed by atoms with van der Waals surface area (Å²) < 4.78 is 6.58. The first-order valence-electron chi connectivity index (χ1n) is 10.1. The van der Waals surface area contributed by atoms with Gasteiger partial charge in [0.15, 0.2) is 0 Å². The molecule has 6 nitrogen and oxygen atoms in total. The summed E-state index contributed by atoms with van der Waals surface area (Å²) >= 11 is 6.29. The molecule has 0 saturated carbocycles. The van der Waals surface area contributed by atoms with E-state index in [0.29, 0.717) is 17.0 Å². The smallest absolute Gasteiger partial charge is 0.200 e. The van der Waals surface area contributed by atoms with E-state index in [1.165, 1.54) is 12.1 Å². The van der Waals surface area contributed by atoms with E-state index in [1.54, 1.807) is 6.07 Å².